The molecular weight excluding hydrogens is 312 g/mol. The maximum atomic E-state index is 8.89. The fourth-order valence-corrected chi connectivity index (χ4v) is 3.01. The summed E-state index contributed by atoms with van der Waals surface area (Å²) in [5, 5.41) is 12.2. The number of hydrogen-bond donors (Lipinski definition) is 1. The van der Waals surface area contributed by atoms with Crippen LogP contribution in [0.1, 0.15) is 29.3 Å². The van der Waals surface area contributed by atoms with E-state index in [1.807, 2.05) is 42.5 Å². The number of fused-ring (bicyclic) bond motifs is 1. The lowest BCUT2D eigenvalue weighted by Gasteiger charge is -2.14. The maximum Gasteiger partial charge on any atom is 0.141 e. The molecule has 0 fully saturated rings. The molecule has 1 N–H and O–H groups in total. The highest BCUT2D eigenvalue weighted by molar-refractivity contribution is 5.61. The number of anilines is 2. The van der Waals surface area contributed by atoms with Crippen molar-refractivity contribution in [3.63, 3.8) is 0 Å². The highest BCUT2D eigenvalue weighted by Crippen LogP contribution is 2.37. The van der Waals surface area contributed by atoms with Gasteiger partial charge in [-0.05, 0) is 49.2 Å². The van der Waals surface area contributed by atoms with Crippen LogP contribution in [-0.4, -0.2) is 9.97 Å². The summed E-state index contributed by atoms with van der Waals surface area (Å²) >= 11 is 0. The van der Waals surface area contributed by atoms with Gasteiger partial charge >= 0.3 is 0 Å². The molecule has 3 aromatic rings. The predicted octanol–water partition coefficient (Wildman–Crippen LogP) is 4.16. The Balaban J connectivity index is 1.57. The van der Waals surface area contributed by atoms with Crippen LogP contribution < -0.4 is 10.1 Å². The number of rotatable bonds is 4. The second kappa shape index (κ2) is 6.62. The molecular formula is C20H16N4O. The SMILES string of the molecule is N#Cc1ccc(Nc2ncnc3c2CCC3Oc2ccccc2)cc1. The van der Waals surface area contributed by atoms with E-state index >= 15 is 0 Å². The number of benzene rings is 2. The molecule has 0 saturated carbocycles. The molecule has 1 aromatic heterocycles. The Morgan fingerprint density at radius 1 is 1.04 bits per heavy atom. The minimum absolute atomic E-state index is 0.0538. The molecule has 1 unspecified atom stereocenters. The van der Waals surface area contributed by atoms with Gasteiger partial charge in [0.1, 0.15) is 24.0 Å². The smallest absolute Gasteiger partial charge is 0.141 e. The van der Waals surface area contributed by atoms with Crippen LogP contribution in [-0.2, 0) is 6.42 Å². The Labute approximate surface area is 145 Å². The summed E-state index contributed by atoms with van der Waals surface area (Å²) in [5.41, 5.74) is 3.56. The van der Waals surface area contributed by atoms with Crippen molar-refractivity contribution in [2.75, 3.05) is 5.32 Å². The first-order valence-corrected chi connectivity index (χ1v) is 8.16. The molecule has 2 aromatic carbocycles. The van der Waals surface area contributed by atoms with Crippen molar-refractivity contribution in [1.82, 2.24) is 9.97 Å². The fourth-order valence-electron chi connectivity index (χ4n) is 3.01. The van der Waals surface area contributed by atoms with Crippen molar-refractivity contribution in [1.29, 1.82) is 5.26 Å². The standard InChI is InChI=1S/C20H16N4O/c21-12-14-6-8-15(9-7-14)24-20-17-10-11-18(19(17)22-13-23-20)25-16-4-2-1-3-5-16/h1-9,13,18H,10-11H2,(H,22,23,24). The van der Waals surface area contributed by atoms with Crippen molar-refractivity contribution in [2.45, 2.75) is 18.9 Å². The molecule has 0 bridgehead atoms. The molecule has 0 amide bonds. The molecule has 25 heavy (non-hydrogen) atoms. The van der Waals surface area contributed by atoms with E-state index in [1.165, 1.54) is 0 Å². The van der Waals surface area contributed by atoms with Crippen LogP contribution in [0.25, 0.3) is 0 Å². The molecule has 122 valence electrons. The van der Waals surface area contributed by atoms with Crippen LogP contribution in [0.2, 0.25) is 0 Å². The van der Waals surface area contributed by atoms with E-state index < -0.39 is 0 Å². The van der Waals surface area contributed by atoms with Gasteiger partial charge in [0.15, 0.2) is 0 Å². The fraction of sp³-hybridized carbons (Fsp3) is 0.150. The first kappa shape index (κ1) is 15.2. The van der Waals surface area contributed by atoms with Gasteiger partial charge in [0.25, 0.3) is 0 Å². The Morgan fingerprint density at radius 3 is 2.60 bits per heavy atom. The van der Waals surface area contributed by atoms with E-state index in [9.17, 15) is 0 Å². The largest absolute Gasteiger partial charge is 0.484 e. The van der Waals surface area contributed by atoms with Crippen molar-refractivity contribution in [3.8, 4) is 11.8 Å². The molecule has 5 heteroatoms. The van der Waals surface area contributed by atoms with E-state index in [0.717, 1.165) is 41.4 Å². The van der Waals surface area contributed by atoms with Crippen LogP contribution in [0.3, 0.4) is 0 Å². The molecule has 0 spiro atoms. The quantitative estimate of drug-likeness (QED) is 0.778. The van der Waals surface area contributed by atoms with Crippen LogP contribution in [0.5, 0.6) is 5.75 Å². The lowest BCUT2D eigenvalue weighted by atomic mass is 10.2. The van der Waals surface area contributed by atoms with Gasteiger partial charge < -0.3 is 10.1 Å². The average molecular weight is 328 g/mol. The van der Waals surface area contributed by atoms with Crippen LogP contribution in [0.15, 0.2) is 60.9 Å². The first-order chi connectivity index (χ1) is 12.3. The van der Waals surface area contributed by atoms with E-state index in [4.69, 9.17) is 10.00 Å². The first-order valence-electron chi connectivity index (χ1n) is 8.16. The minimum Gasteiger partial charge on any atom is -0.484 e. The Kier molecular flexibility index (Phi) is 4.01. The molecule has 4 rings (SSSR count). The molecule has 1 aliphatic carbocycles. The zero-order valence-corrected chi connectivity index (χ0v) is 13.5. The summed E-state index contributed by atoms with van der Waals surface area (Å²) in [6, 6.07) is 19.2. The molecule has 1 aliphatic rings. The number of nitriles is 1. The summed E-state index contributed by atoms with van der Waals surface area (Å²) in [4.78, 5) is 8.83. The lowest BCUT2D eigenvalue weighted by molar-refractivity contribution is 0.203. The average Bonchev–Trinajstić information content (AvgIpc) is 3.07. The van der Waals surface area contributed by atoms with E-state index in [0.29, 0.717) is 5.56 Å². The number of para-hydroxylation sites is 1. The summed E-state index contributed by atoms with van der Waals surface area (Å²) in [6.45, 7) is 0. The normalized spacial score (nSPS) is 15.2. The number of nitrogens with one attached hydrogen (secondary N) is 1. The van der Waals surface area contributed by atoms with Gasteiger partial charge in [-0.1, -0.05) is 18.2 Å². The number of nitrogens with zero attached hydrogens (tertiary/aromatic N) is 3. The van der Waals surface area contributed by atoms with Gasteiger partial charge in [-0.15, -0.1) is 0 Å². The van der Waals surface area contributed by atoms with Gasteiger partial charge in [0.2, 0.25) is 0 Å². The van der Waals surface area contributed by atoms with Crippen LogP contribution >= 0.6 is 0 Å². The van der Waals surface area contributed by atoms with Crippen molar-refractivity contribution in [3.05, 3.63) is 77.7 Å². The number of ether oxygens (including phenoxy) is 1. The third kappa shape index (κ3) is 3.15. The van der Waals surface area contributed by atoms with Crippen LogP contribution in [0, 0.1) is 11.3 Å². The molecule has 5 nitrogen and oxygen atoms in total. The van der Waals surface area contributed by atoms with Gasteiger partial charge in [-0.3, -0.25) is 0 Å². The lowest BCUT2D eigenvalue weighted by Crippen LogP contribution is -2.07. The molecule has 1 heterocycles. The number of aromatic nitrogens is 2. The summed E-state index contributed by atoms with van der Waals surface area (Å²) < 4.78 is 6.08. The highest BCUT2D eigenvalue weighted by atomic mass is 16.5. The molecule has 0 saturated heterocycles. The predicted molar refractivity (Wildman–Crippen MR) is 94.6 cm³/mol. The van der Waals surface area contributed by atoms with Crippen molar-refractivity contribution in [2.24, 2.45) is 0 Å². The highest BCUT2D eigenvalue weighted by Gasteiger charge is 2.28. The second-order valence-electron chi connectivity index (χ2n) is 5.86. The Morgan fingerprint density at radius 2 is 1.84 bits per heavy atom. The summed E-state index contributed by atoms with van der Waals surface area (Å²) in [6.07, 6.45) is 3.26. The number of hydrogen-bond acceptors (Lipinski definition) is 5. The summed E-state index contributed by atoms with van der Waals surface area (Å²) in [7, 11) is 0. The topological polar surface area (TPSA) is 70.8 Å². The summed E-state index contributed by atoms with van der Waals surface area (Å²) in [5.74, 6) is 1.65. The van der Waals surface area contributed by atoms with Gasteiger partial charge in [-0.2, -0.15) is 5.26 Å². The van der Waals surface area contributed by atoms with E-state index in [1.54, 1.807) is 18.5 Å². The zero-order chi connectivity index (χ0) is 17.1. The van der Waals surface area contributed by atoms with Crippen LogP contribution in [0.4, 0.5) is 11.5 Å². The van der Waals surface area contributed by atoms with Gasteiger partial charge in [-0.25, -0.2) is 9.97 Å². The van der Waals surface area contributed by atoms with Crippen molar-refractivity contribution >= 4 is 11.5 Å². The molecule has 0 radical (unpaired) electrons. The molecule has 1 atom stereocenters. The third-order valence-electron chi connectivity index (χ3n) is 4.24. The Hall–Kier alpha value is -3.39. The zero-order valence-electron chi connectivity index (χ0n) is 13.5. The molecule has 0 aliphatic heterocycles. The third-order valence-corrected chi connectivity index (χ3v) is 4.24. The van der Waals surface area contributed by atoms with Gasteiger partial charge in [0.05, 0.1) is 17.3 Å². The van der Waals surface area contributed by atoms with E-state index in [-0.39, 0.29) is 6.10 Å². The monoisotopic (exact) mass is 328 g/mol. The second-order valence-corrected chi connectivity index (χ2v) is 5.86. The van der Waals surface area contributed by atoms with Crippen molar-refractivity contribution < 1.29 is 4.74 Å². The Bertz CT molecular complexity index is 917. The van der Waals surface area contributed by atoms with Gasteiger partial charge in [0, 0.05) is 11.3 Å². The van der Waals surface area contributed by atoms with E-state index in [2.05, 4.69) is 21.4 Å². The maximum absolute atomic E-state index is 8.89. The minimum atomic E-state index is -0.0538.